The Morgan fingerprint density at radius 1 is 1.03 bits per heavy atom. The Morgan fingerprint density at radius 2 is 1.72 bits per heavy atom. The summed E-state index contributed by atoms with van der Waals surface area (Å²) in [5.41, 5.74) is 6.51. The Bertz CT molecular complexity index is 1420. The number of thiophene rings is 1. The molecule has 0 aliphatic rings. The van der Waals surface area contributed by atoms with Gasteiger partial charge in [-0.2, -0.15) is 0 Å². The van der Waals surface area contributed by atoms with Crippen LogP contribution in [-0.2, 0) is 9.59 Å². The molecule has 0 unspecified atom stereocenters. The van der Waals surface area contributed by atoms with E-state index in [0.29, 0.717) is 11.3 Å². The topological polar surface area (TPSA) is 186 Å². The molecule has 3 amide bonds. The number of carbonyl (C=O) groups excluding carboxylic acids is 3. The van der Waals surface area contributed by atoms with Gasteiger partial charge in [-0.1, -0.05) is 29.3 Å². The zero-order chi connectivity index (χ0) is 28.7. The first kappa shape index (κ1) is 29.4. The highest BCUT2D eigenvalue weighted by atomic mass is 35.5. The molecule has 11 nitrogen and oxygen atoms in total. The molecular weight excluding hydrogens is 567 g/mol. The van der Waals surface area contributed by atoms with Gasteiger partial charge in [0.05, 0.1) is 22.2 Å². The SMILES string of the molecule is Cc1ccc(-c2cc(Cl)c(C(=O)N[C@@H](CNC(=O)CNC(=O)c3cccc(NC(=N)N)c3)C(=O)O)c(Cl)c2)s1. The van der Waals surface area contributed by atoms with E-state index in [-0.39, 0.29) is 27.1 Å². The molecule has 1 atom stereocenters. The van der Waals surface area contributed by atoms with Crippen LogP contribution in [0.15, 0.2) is 48.5 Å². The molecule has 0 saturated carbocycles. The number of nitrogens with two attached hydrogens (primary N) is 1. The van der Waals surface area contributed by atoms with Gasteiger partial charge in [0.25, 0.3) is 11.8 Å². The third-order valence-electron chi connectivity index (χ3n) is 5.21. The number of benzene rings is 2. The molecule has 0 aliphatic carbocycles. The molecule has 0 fully saturated rings. The Kier molecular flexibility index (Phi) is 9.88. The Morgan fingerprint density at radius 3 is 2.31 bits per heavy atom. The van der Waals surface area contributed by atoms with E-state index in [4.69, 9.17) is 34.3 Å². The van der Waals surface area contributed by atoms with Crippen molar-refractivity contribution in [1.82, 2.24) is 16.0 Å². The van der Waals surface area contributed by atoms with Gasteiger partial charge in [-0.25, -0.2) is 4.79 Å². The third-order valence-corrected chi connectivity index (χ3v) is 6.86. The second kappa shape index (κ2) is 13.1. The minimum Gasteiger partial charge on any atom is -0.480 e. The monoisotopic (exact) mass is 590 g/mol. The number of nitrogens with one attached hydrogen (secondary N) is 5. The number of amides is 3. The van der Waals surface area contributed by atoms with Crippen molar-refractivity contribution < 1.29 is 24.3 Å². The van der Waals surface area contributed by atoms with Gasteiger partial charge in [0, 0.05) is 27.5 Å². The fourth-order valence-electron chi connectivity index (χ4n) is 3.39. The van der Waals surface area contributed by atoms with Crippen LogP contribution < -0.4 is 27.0 Å². The lowest BCUT2D eigenvalue weighted by atomic mass is 10.1. The zero-order valence-corrected chi connectivity index (χ0v) is 22.8. The van der Waals surface area contributed by atoms with Gasteiger partial charge < -0.3 is 32.1 Å². The Hall–Kier alpha value is -4.13. The van der Waals surface area contributed by atoms with Crippen molar-refractivity contribution in [2.24, 2.45) is 5.73 Å². The normalized spacial score (nSPS) is 11.3. The molecule has 39 heavy (non-hydrogen) atoms. The first-order valence-corrected chi connectivity index (χ1v) is 12.9. The summed E-state index contributed by atoms with van der Waals surface area (Å²) < 4.78 is 0. The average molecular weight is 591 g/mol. The highest BCUT2D eigenvalue weighted by molar-refractivity contribution is 7.15. The van der Waals surface area contributed by atoms with Crippen LogP contribution in [-0.4, -0.2) is 53.9 Å². The third kappa shape index (κ3) is 8.18. The molecule has 3 rings (SSSR count). The van der Waals surface area contributed by atoms with Crippen molar-refractivity contribution >= 4 is 69.9 Å². The largest absolute Gasteiger partial charge is 0.480 e. The lowest BCUT2D eigenvalue weighted by molar-refractivity contribution is -0.139. The van der Waals surface area contributed by atoms with Gasteiger partial charge in [0.1, 0.15) is 6.04 Å². The summed E-state index contributed by atoms with van der Waals surface area (Å²) in [6, 6.07) is 11.6. The maximum Gasteiger partial charge on any atom is 0.328 e. The van der Waals surface area contributed by atoms with Crippen molar-refractivity contribution in [2.45, 2.75) is 13.0 Å². The number of aryl methyl sites for hydroxylation is 1. The van der Waals surface area contributed by atoms with Gasteiger partial charge >= 0.3 is 5.97 Å². The Balaban J connectivity index is 1.57. The molecule has 204 valence electrons. The second-order valence-corrected chi connectivity index (χ2v) is 10.3. The van der Waals surface area contributed by atoms with E-state index in [1.54, 1.807) is 24.3 Å². The second-order valence-electron chi connectivity index (χ2n) is 8.20. The van der Waals surface area contributed by atoms with Crippen LogP contribution in [0.3, 0.4) is 0 Å². The van der Waals surface area contributed by atoms with Gasteiger partial charge in [-0.05, 0) is 55.0 Å². The smallest absolute Gasteiger partial charge is 0.328 e. The number of rotatable bonds is 10. The molecule has 0 aliphatic heterocycles. The predicted octanol–water partition coefficient (Wildman–Crippen LogP) is 3.06. The van der Waals surface area contributed by atoms with Crippen LogP contribution in [0.1, 0.15) is 25.6 Å². The maximum absolute atomic E-state index is 12.8. The van der Waals surface area contributed by atoms with E-state index < -0.39 is 42.8 Å². The summed E-state index contributed by atoms with van der Waals surface area (Å²) in [5.74, 6) is -3.80. The van der Waals surface area contributed by atoms with E-state index in [0.717, 1.165) is 9.75 Å². The van der Waals surface area contributed by atoms with Crippen LogP contribution in [0.2, 0.25) is 10.0 Å². The van der Waals surface area contributed by atoms with Crippen LogP contribution in [0.5, 0.6) is 0 Å². The molecular formula is C25H24Cl2N6O5S. The molecule has 1 heterocycles. The molecule has 14 heteroatoms. The van der Waals surface area contributed by atoms with Gasteiger partial charge in [-0.3, -0.25) is 19.8 Å². The number of carbonyl (C=O) groups is 4. The van der Waals surface area contributed by atoms with E-state index in [1.165, 1.54) is 23.5 Å². The van der Waals surface area contributed by atoms with Crippen molar-refractivity contribution in [3.63, 3.8) is 0 Å². The Labute approximate surface area is 237 Å². The fraction of sp³-hybridized carbons (Fsp3) is 0.160. The van der Waals surface area contributed by atoms with Crippen molar-refractivity contribution in [2.75, 3.05) is 18.4 Å². The first-order valence-electron chi connectivity index (χ1n) is 11.3. The van der Waals surface area contributed by atoms with Crippen LogP contribution >= 0.6 is 34.5 Å². The number of guanidine groups is 1. The number of aliphatic carboxylic acids is 1. The summed E-state index contributed by atoms with van der Waals surface area (Å²) in [6.07, 6.45) is 0. The highest BCUT2D eigenvalue weighted by Crippen LogP contribution is 2.35. The molecule has 0 bridgehead atoms. The quantitative estimate of drug-likeness (QED) is 0.139. The molecule has 0 spiro atoms. The molecule has 8 N–H and O–H groups in total. The lowest BCUT2D eigenvalue weighted by Crippen LogP contribution is -2.50. The number of hydrogen-bond acceptors (Lipinski definition) is 6. The lowest BCUT2D eigenvalue weighted by Gasteiger charge is -2.17. The number of carboxylic acid groups (broad SMARTS) is 1. The highest BCUT2D eigenvalue weighted by Gasteiger charge is 2.25. The predicted molar refractivity (Wildman–Crippen MR) is 151 cm³/mol. The van der Waals surface area contributed by atoms with Crippen LogP contribution in [0.4, 0.5) is 5.69 Å². The van der Waals surface area contributed by atoms with Gasteiger partial charge in [0.15, 0.2) is 5.96 Å². The summed E-state index contributed by atoms with van der Waals surface area (Å²) >= 11 is 14.2. The minimum atomic E-state index is -1.50. The van der Waals surface area contributed by atoms with Crippen molar-refractivity contribution in [1.29, 1.82) is 5.41 Å². The molecule has 3 aromatic rings. The van der Waals surface area contributed by atoms with Crippen LogP contribution in [0, 0.1) is 12.3 Å². The molecule has 0 radical (unpaired) electrons. The number of halogens is 2. The zero-order valence-electron chi connectivity index (χ0n) is 20.4. The van der Waals surface area contributed by atoms with E-state index >= 15 is 0 Å². The van der Waals surface area contributed by atoms with Gasteiger partial charge in [-0.15, -0.1) is 11.3 Å². The maximum atomic E-state index is 12.8. The van der Waals surface area contributed by atoms with Crippen molar-refractivity contribution in [3.05, 3.63) is 74.6 Å². The fourth-order valence-corrected chi connectivity index (χ4v) is 4.90. The molecule has 0 saturated heterocycles. The molecule has 1 aromatic heterocycles. The average Bonchev–Trinajstić information content (AvgIpc) is 3.30. The standard InChI is InChI=1S/C25H24Cl2N6O5S/c1-12-5-6-19(39-12)14-8-16(26)21(17(27)9-14)23(36)33-18(24(37)38)10-30-20(34)11-31-22(35)13-3-2-4-15(7-13)32-25(28)29/h2-9,18H,10-11H2,1H3,(H,30,34)(H,31,35)(H,33,36)(H,37,38)(H4,28,29,32)/t18-/m0/s1. The van der Waals surface area contributed by atoms with E-state index in [1.807, 2.05) is 19.1 Å². The summed E-state index contributed by atoms with van der Waals surface area (Å²) in [7, 11) is 0. The summed E-state index contributed by atoms with van der Waals surface area (Å²) in [4.78, 5) is 51.1. The number of hydrogen-bond donors (Lipinski definition) is 7. The summed E-state index contributed by atoms with van der Waals surface area (Å²) in [5, 5.41) is 26.5. The summed E-state index contributed by atoms with van der Waals surface area (Å²) in [6.45, 7) is 1.03. The number of carboxylic acids is 1. The number of anilines is 1. The minimum absolute atomic E-state index is 0.0412. The molecule has 2 aromatic carbocycles. The van der Waals surface area contributed by atoms with Gasteiger partial charge in [0.2, 0.25) is 5.91 Å². The van der Waals surface area contributed by atoms with Crippen molar-refractivity contribution in [3.8, 4) is 10.4 Å². The van der Waals surface area contributed by atoms with E-state index in [2.05, 4.69) is 21.3 Å². The van der Waals surface area contributed by atoms with E-state index in [9.17, 15) is 24.3 Å². The van der Waals surface area contributed by atoms with Crippen LogP contribution in [0.25, 0.3) is 10.4 Å². The first-order chi connectivity index (χ1) is 18.4.